The van der Waals surface area contributed by atoms with Crippen LogP contribution in [0.3, 0.4) is 0 Å². The largest absolute Gasteiger partial charge is 1.00 e. The summed E-state index contributed by atoms with van der Waals surface area (Å²) in [6.45, 7) is 6.04. The number of unbranched alkanes of at least 4 members (excludes halogenated alkanes) is 14. The first kappa shape index (κ1) is 28.5. The minimum atomic E-state index is 0. The zero-order valence-corrected chi connectivity index (χ0v) is 19.6. The summed E-state index contributed by atoms with van der Waals surface area (Å²) in [7, 11) is 4.52. The SMILES string of the molecule is CCC(CC)CCCCCCCCCCCCCCCCC[NH+](C)C.[Cl-]. The molecule has 0 unspecified atom stereocenters. The highest BCUT2D eigenvalue weighted by Crippen LogP contribution is 2.18. The average Bonchev–Trinajstić information content (AvgIpc) is 2.60. The molecule has 0 aromatic rings. The lowest BCUT2D eigenvalue weighted by molar-refractivity contribution is -0.858. The van der Waals surface area contributed by atoms with Crippen LogP contribution in [0.4, 0.5) is 0 Å². The molecule has 0 heterocycles. The Bertz CT molecular complexity index is 238. The second-order valence-corrected chi connectivity index (χ2v) is 8.73. The standard InChI is InChI=1S/C24H51N.ClH/c1-5-24(6-2)22-20-18-16-14-12-10-8-7-9-11-13-15-17-19-21-23-25(3)4;/h24H,5-23H2,1-4H3;1H. The van der Waals surface area contributed by atoms with E-state index in [0.29, 0.717) is 0 Å². The topological polar surface area (TPSA) is 4.44 Å². The summed E-state index contributed by atoms with van der Waals surface area (Å²) >= 11 is 0. The van der Waals surface area contributed by atoms with Crippen molar-refractivity contribution in [1.29, 1.82) is 0 Å². The third-order valence-corrected chi connectivity index (χ3v) is 5.94. The van der Waals surface area contributed by atoms with Gasteiger partial charge in [0.2, 0.25) is 0 Å². The van der Waals surface area contributed by atoms with E-state index in [1.807, 2.05) is 0 Å². The molecule has 0 rings (SSSR count). The molecule has 0 amide bonds. The van der Waals surface area contributed by atoms with E-state index in [2.05, 4.69) is 27.9 Å². The van der Waals surface area contributed by atoms with E-state index in [9.17, 15) is 0 Å². The molecule has 0 aliphatic carbocycles. The van der Waals surface area contributed by atoms with Gasteiger partial charge in [-0.05, 0) is 18.8 Å². The molecule has 0 fully saturated rings. The van der Waals surface area contributed by atoms with E-state index in [4.69, 9.17) is 0 Å². The number of hydrogen-bond donors (Lipinski definition) is 1. The molecule has 0 aromatic heterocycles. The van der Waals surface area contributed by atoms with Crippen molar-refractivity contribution in [2.75, 3.05) is 20.6 Å². The number of quaternary nitrogens is 1. The predicted octanol–water partition coefficient (Wildman–Crippen LogP) is 3.81. The Morgan fingerprint density at radius 1 is 0.500 bits per heavy atom. The van der Waals surface area contributed by atoms with Gasteiger partial charge in [0.25, 0.3) is 0 Å². The highest BCUT2D eigenvalue weighted by molar-refractivity contribution is 4.55. The molecule has 0 radical (unpaired) electrons. The van der Waals surface area contributed by atoms with Crippen LogP contribution < -0.4 is 17.3 Å². The Labute approximate surface area is 173 Å². The first-order chi connectivity index (χ1) is 12.2. The Morgan fingerprint density at radius 3 is 1.12 bits per heavy atom. The predicted molar refractivity (Wildman–Crippen MR) is 116 cm³/mol. The quantitative estimate of drug-likeness (QED) is 0.302. The highest BCUT2D eigenvalue weighted by Gasteiger charge is 2.02. The van der Waals surface area contributed by atoms with Gasteiger partial charge in [-0.1, -0.05) is 117 Å². The number of halogens is 1. The van der Waals surface area contributed by atoms with Crippen LogP contribution in [0.2, 0.25) is 0 Å². The summed E-state index contributed by atoms with van der Waals surface area (Å²) < 4.78 is 0. The average molecular weight is 390 g/mol. The van der Waals surface area contributed by atoms with Gasteiger partial charge in [-0.15, -0.1) is 0 Å². The van der Waals surface area contributed by atoms with Crippen molar-refractivity contribution in [3.05, 3.63) is 0 Å². The van der Waals surface area contributed by atoms with Crippen LogP contribution >= 0.6 is 0 Å². The lowest BCUT2D eigenvalue weighted by Crippen LogP contribution is -3.05. The maximum Gasteiger partial charge on any atom is 0.0766 e. The van der Waals surface area contributed by atoms with Crippen LogP contribution in [0.25, 0.3) is 0 Å². The molecule has 2 heteroatoms. The van der Waals surface area contributed by atoms with E-state index >= 15 is 0 Å². The van der Waals surface area contributed by atoms with E-state index < -0.39 is 0 Å². The van der Waals surface area contributed by atoms with Gasteiger partial charge >= 0.3 is 0 Å². The van der Waals surface area contributed by atoms with Gasteiger partial charge in [-0.25, -0.2) is 0 Å². The zero-order chi connectivity index (χ0) is 18.6. The summed E-state index contributed by atoms with van der Waals surface area (Å²) in [5, 5.41) is 0. The maximum atomic E-state index is 2.35. The Kier molecular flexibility index (Phi) is 25.5. The minimum absolute atomic E-state index is 0. The molecule has 0 saturated carbocycles. The van der Waals surface area contributed by atoms with Gasteiger partial charge in [0.1, 0.15) is 0 Å². The molecule has 26 heavy (non-hydrogen) atoms. The van der Waals surface area contributed by atoms with Crippen LogP contribution in [-0.2, 0) is 0 Å². The molecule has 0 aliphatic rings. The van der Waals surface area contributed by atoms with Crippen LogP contribution in [0, 0.1) is 5.92 Å². The van der Waals surface area contributed by atoms with Crippen molar-refractivity contribution in [3.63, 3.8) is 0 Å². The summed E-state index contributed by atoms with van der Waals surface area (Å²) in [4.78, 5) is 1.60. The van der Waals surface area contributed by atoms with Gasteiger partial charge in [-0.2, -0.15) is 0 Å². The number of rotatable bonds is 20. The highest BCUT2D eigenvalue weighted by atomic mass is 35.5. The lowest BCUT2D eigenvalue weighted by Gasteiger charge is -2.11. The van der Waals surface area contributed by atoms with Gasteiger partial charge < -0.3 is 17.3 Å². The first-order valence-electron chi connectivity index (χ1n) is 12.0. The summed E-state index contributed by atoms with van der Waals surface area (Å²) in [5.74, 6) is 0.999. The lowest BCUT2D eigenvalue weighted by atomic mass is 9.95. The third-order valence-electron chi connectivity index (χ3n) is 5.94. The zero-order valence-electron chi connectivity index (χ0n) is 18.9. The van der Waals surface area contributed by atoms with Crippen LogP contribution in [0.1, 0.15) is 129 Å². The van der Waals surface area contributed by atoms with Crippen LogP contribution in [0.5, 0.6) is 0 Å². The molecule has 0 aliphatic heterocycles. The fourth-order valence-electron chi connectivity index (χ4n) is 3.91. The molecule has 0 bridgehead atoms. The minimum Gasteiger partial charge on any atom is -1.00 e. The van der Waals surface area contributed by atoms with Crippen molar-refractivity contribution < 1.29 is 17.3 Å². The number of hydrogen-bond acceptors (Lipinski definition) is 0. The first-order valence-corrected chi connectivity index (χ1v) is 12.0. The fourth-order valence-corrected chi connectivity index (χ4v) is 3.91. The Balaban J connectivity index is 0. The van der Waals surface area contributed by atoms with E-state index in [-0.39, 0.29) is 12.4 Å². The second kappa shape index (κ2) is 23.3. The fraction of sp³-hybridized carbons (Fsp3) is 1.00. The number of nitrogens with one attached hydrogen (secondary N) is 1. The van der Waals surface area contributed by atoms with Gasteiger partial charge in [0.15, 0.2) is 0 Å². The van der Waals surface area contributed by atoms with Crippen LogP contribution in [-0.4, -0.2) is 20.6 Å². The molecule has 0 saturated heterocycles. The summed E-state index contributed by atoms with van der Waals surface area (Å²) in [6, 6.07) is 0. The second-order valence-electron chi connectivity index (χ2n) is 8.73. The Morgan fingerprint density at radius 2 is 0.808 bits per heavy atom. The molecular weight excluding hydrogens is 338 g/mol. The smallest absolute Gasteiger partial charge is 0.0766 e. The van der Waals surface area contributed by atoms with Crippen molar-refractivity contribution in [1.82, 2.24) is 0 Å². The summed E-state index contributed by atoms with van der Waals surface area (Å²) in [5.41, 5.74) is 0. The van der Waals surface area contributed by atoms with E-state index in [1.165, 1.54) is 122 Å². The van der Waals surface area contributed by atoms with Gasteiger partial charge in [-0.3, -0.25) is 0 Å². The normalized spacial score (nSPS) is 11.3. The van der Waals surface area contributed by atoms with Crippen molar-refractivity contribution in [3.8, 4) is 0 Å². The van der Waals surface area contributed by atoms with E-state index in [1.54, 1.807) is 4.90 Å². The molecule has 160 valence electrons. The van der Waals surface area contributed by atoms with Crippen molar-refractivity contribution in [2.24, 2.45) is 5.92 Å². The molecular formula is C24H52ClN. The Hall–Kier alpha value is 0.250. The van der Waals surface area contributed by atoms with Gasteiger partial charge in [0, 0.05) is 0 Å². The molecule has 0 spiro atoms. The molecule has 0 atom stereocenters. The molecule has 1 nitrogen and oxygen atoms in total. The summed E-state index contributed by atoms with van der Waals surface area (Å²) in [6.07, 6.45) is 26.3. The molecule has 0 aromatic carbocycles. The van der Waals surface area contributed by atoms with Crippen molar-refractivity contribution >= 4 is 0 Å². The van der Waals surface area contributed by atoms with Gasteiger partial charge in [0.05, 0.1) is 20.6 Å². The van der Waals surface area contributed by atoms with E-state index in [0.717, 1.165) is 5.92 Å². The van der Waals surface area contributed by atoms with Crippen LogP contribution in [0.15, 0.2) is 0 Å². The molecule has 1 N–H and O–H groups in total. The van der Waals surface area contributed by atoms with Crippen molar-refractivity contribution in [2.45, 2.75) is 129 Å². The maximum absolute atomic E-state index is 2.35. The third kappa shape index (κ3) is 22.3. The monoisotopic (exact) mass is 389 g/mol.